The number of hydrogen-bond acceptors (Lipinski definition) is 4. The number of amides is 1. The lowest BCUT2D eigenvalue weighted by Gasteiger charge is -2.18. The number of fused-ring (bicyclic) bond motifs is 1. The van der Waals surface area contributed by atoms with Crippen molar-refractivity contribution in [1.82, 2.24) is 15.0 Å². The van der Waals surface area contributed by atoms with E-state index in [4.69, 9.17) is 4.52 Å². The minimum atomic E-state index is -0.0642. The molecule has 0 fully saturated rings. The molecule has 0 aliphatic heterocycles. The van der Waals surface area contributed by atoms with Crippen LogP contribution in [0.25, 0.3) is 11.1 Å². The summed E-state index contributed by atoms with van der Waals surface area (Å²) in [5.41, 5.74) is 3.50. The second-order valence-electron chi connectivity index (χ2n) is 5.41. The van der Waals surface area contributed by atoms with Crippen molar-refractivity contribution in [2.75, 3.05) is 7.05 Å². The van der Waals surface area contributed by atoms with Gasteiger partial charge in [0.05, 0.1) is 16.6 Å². The first kappa shape index (κ1) is 14.3. The standard InChI is InChI=1S/C17H17N3O2/c1-11-9-14(15-12(2)19-22-16(15)18-11)17(21)20(3)10-13-7-5-4-6-8-13/h4-9H,10H2,1-3H3. The first-order chi connectivity index (χ1) is 10.6. The highest BCUT2D eigenvalue weighted by Gasteiger charge is 2.20. The van der Waals surface area contributed by atoms with E-state index in [0.29, 0.717) is 28.9 Å². The summed E-state index contributed by atoms with van der Waals surface area (Å²) in [6, 6.07) is 11.7. The molecule has 0 saturated heterocycles. The normalized spacial score (nSPS) is 10.9. The highest BCUT2D eigenvalue weighted by atomic mass is 16.5. The first-order valence-corrected chi connectivity index (χ1v) is 7.09. The Hall–Kier alpha value is -2.69. The van der Waals surface area contributed by atoms with Gasteiger partial charge in [0.1, 0.15) is 0 Å². The average Bonchev–Trinajstić information content (AvgIpc) is 2.88. The van der Waals surface area contributed by atoms with E-state index in [1.165, 1.54) is 0 Å². The van der Waals surface area contributed by atoms with E-state index in [9.17, 15) is 4.79 Å². The molecule has 0 radical (unpaired) electrons. The van der Waals surface area contributed by atoms with Crippen LogP contribution in [0.3, 0.4) is 0 Å². The largest absolute Gasteiger partial charge is 0.337 e. The third-order valence-corrected chi connectivity index (χ3v) is 3.58. The molecule has 0 unspecified atom stereocenters. The molecule has 0 aliphatic carbocycles. The zero-order valence-electron chi connectivity index (χ0n) is 12.8. The van der Waals surface area contributed by atoms with Gasteiger partial charge in [0.2, 0.25) is 0 Å². The van der Waals surface area contributed by atoms with Gasteiger partial charge in [-0.05, 0) is 25.5 Å². The first-order valence-electron chi connectivity index (χ1n) is 7.09. The van der Waals surface area contributed by atoms with Crippen LogP contribution >= 0.6 is 0 Å². The van der Waals surface area contributed by atoms with Crippen molar-refractivity contribution in [2.45, 2.75) is 20.4 Å². The number of hydrogen-bond donors (Lipinski definition) is 0. The fourth-order valence-electron chi connectivity index (χ4n) is 2.52. The summed E-state index contributed by atoms with van der Waals surface area (Å²) in [4.78, 5) is 18.8. The summed E-state index contributed by atoms with van der Waals surface area (Å²) in [5, 5.41) is 4.61. The van der Waals surface area contributed by atoms with Crippen molar-refractivity contribution in [2.24, 2.45) is 0 Å². The summed E-state index contributed by atoms with van der Waals surface area (Å²) < 4.78 is 5.19. The molecule has 5 nitrogen and oxygen atoms in total. The van der Waals surface area contributed by atoms with Crippen molar-refractivity contribution in [3.63, 3.8) is 0 Å². The van der Waals surface area contributed by atoms with Crippen LogP contribution in [0.4, 0.5) is 0 Å². The van der Waals surface area contributed by atoms with E-state index in [0.717, 1.165) is 11.3 Å². The van der Waals surface area contributed by atoms with Gasteiger partial charge in [0, 0.05) is 19.3 Å². The molecule has 22 heavy (non-hydrogen) atoms. The Kier molecular flexibility index (Phi) is 3.63. The van der Waals surface area contributed by atoms with Gasteiger partial charge in [-0.3, -0.25) is 4.79 Å². The summed E-state index contributed by atoms with van der Waals surface area (Å²) >= 11 is 0. The Morgan fingerprint density at radius 2 is 1.95 bits per heavy atom. The number of benzene rings is 1. The molecule has 5 heteroatoms. The van der Waals surface area contributed by atoms with Crippen LogP contribution in [0.2, 0.25) is 0 Å². The zero-order chi connectivity index (χ0) is 15.7. The summed E-state index contributed by atoms with van der Waals surface area (Å²) in [6.07, 6.45) is 0. The molecule has 2 aromatic heterocycles. The van der Waals surface area contributed by atoms with Gasteiger partial charge in [-0.1, -0.05) is 35.5 Å². The lowest BCUT2D eigenvalue weighted by molar-refractivity contribution is 0.0787. The van der Waals surface area contributed by atoms with Crippen LogP contribution in [0.1, 0.15) is 27.3 Å². The summed E-state index contributed by atoms with van der Waals surface area (Å²) in [6.45, 7) is 4.20. The Bertz CT molecular complexity index is 825. The predicted octanol–water partition coefficient (Wildman–Crippen LogP) is 3.11. The molecule has 1 amide bonds. The Morgan fingerprint density at radius 3 is 2.68 bits per heavy atom. The van der Waals surface area contributed by atoms with E-state index in [1.54, 1.807) is 18.0 Å². The third-order valence-electron chi connectivity index (χ3n) is 3.58. The van der Waals surface area contributed by atoms with Crippen LogP contribution < -0.4 is 0 Å². The van der Waals surface area contributed by atoms with Crippen molar-refractivity contribution in [1.29, 1.82) is 0 Å². The van der Waals surface area contributed by atoms with Crippen molar-refractivity contribution >= 4 is 17.0 Å². The second kappa shape index (κ2) is 5.60. The predicted molar refractivity (Wildman–Crippen MR) is 83.5 cm³/mol. The Labute approximate surface area is 128 Å². The maximum absolute atomic E-state index is 12.8. The van der Waals surface area contributed by atoms with Gasteiger partial charge >= 0.3 is 0 Å². The van der Waals surface area contributed by atoms with Crippen LogP contribution in [0.15, 0.2) is 40.9 Å². The number of nitrogens with zero attached hydrogens (tertiary/aromatic N) is 3. The number of rotatable bonds is 3. The van der Waals surface area contributed by atoms with E-state index >= 15 is 0 Å². The molecule has 0 bridgehead atoms. The Morgan fingerprint density at radius 1 is 1.23 bits per heavy atom. The number of pyridine rings is 1. The van der Waals surface area contributed by atoms with E-state index < -0.39 is 0 Å². The zero-order valence-corrected chi connectivity index (χ0v) is 12.8. The molecule has 2 heterocycles. The molecule has 3 rings (SSSR count). The lowest BCUT2D eigenvalue weighted by atomic mass is 10.1. The van der Waals surface area contributed by atoms with Crippen molar-refractivity contribution in [3.8, 4) is 0 Å². The number of aromatic nitrogens is 2. The van der Waals surface area contributed by atoms with Crippen LogP contribution in [-0.4, -0.2) is 28.0 Å². The SMILES string of the molecule is Cc1cc(C(=O)N(C)Cc2ccccc2)c2c(C)noc2n1. The molecule has 0 spiro atoms. The number of carbonyl (C=O) groups is 1. The van der Waals surface area contributed by atoms with Crippen LogP contribution in [-0.2, 0) is 6.54 Å². The minimum Gasteiger partial charge on any atom is -0.337 e. The quantitative estimate of drug-likeness (QED) is 0.745. The average molecular weight is 295 g/mol. The van der Waals surface area contributed by atoms with Gasteiger partial charge < -0.3 is 9.42 Å². The molecule has 112 valence electrons. The van der Waals surface area contributed by atoms with Crippen LogP contribution in [0.5, 0.6) is 0 Å². The van der Waals surface area contributed by atoms with E-state index in [2.05, 4.69) is 10.1 Å². The molecule has 0 atom stereocenters. The van der Waals surface area contributed by atoms with E-state index in [-0.39, 0.29) is 5.91 Å². The fraction of sp³-hybridized carbons (Fsp3) is 0.235. The summed E-state index contributed by atoms with van der Waals surface area (Å²) in [7, 11) is 1.79. The minimum absolute atomic E-state index is 0.0642. The van der Waals surface area contributed by atoms with Gasteiger partial charge in [-0.25, -0.2) is 4.98 Å². The molecule has 1 aromatic carbocycles. The smallest absolute Gasteiger partial charge is 0.258 e. The van der Waals surface area contributed by atoms with Gasteiger partial charge in [-0.15, -0.1) is 0 Å². The molecule has 0 saturated carbocycles. The van der Waals surface area contributed by atoms with Crippen LogP contribution in [0, 0.1) is 13.8 Å². The van der Waals surface area contributed by atoms with Gasteiger partial charge in [0.25, 0.3) is 11.6 Å². The highest BCUT2D eigenvalue weighted by molar-refractivity contribution is 6.05. The number of aryl methyl sites for hydroxylation is 2. The maximum atomic E-state index is 12.8. The molecule has 0 aliphatic rings. The second-order valence-corrected chi connectivity index (χ2v) is 5.41. The molecule has 3 aromatic rings. The van der Waals surface area contributed by atoms with Crippen molar-refractivity contribution < 1.29 is 9.32 Å². The fourth-order valence-corrected chi connectivity index (χ4v) is 2.52. The summed E-state index contributed by atoms with van der Waals surface area (Å²) in [5.74, 6) is -0.0642. The van der Waals surface area contributed by atoms with Gasteiger partial charge in [-0.2, -0.15) is 0 Å². The Balaban J connectivity index is 1.96. The monoisotopic (exact) mass is 295 g/mol. The molecular weight excluding hydrogens is 278 g/mol. The third kappa shape index (κ3) is 2.57. The highest BCUT2D eigenvalue weighted by Crippen LogP contribution is 2.23. The van der Waals surface area contributed by atoms with Gasteiger partial charge in [0.15, 0.2) is 0 Å². The van der Waals surface area contributed by atoms with Crippen molar-refractivity contribution in [3.05, 3.63) is 58.9 Å². The molecule has 0 N–H and O–H groups in total. The number of carbonyl (C=O) groups excluding carboxylic acids is 1. The maximum Gasteiger partial charge on any atom is 0.258 e. The topological polar surface area (TPSA) is 59.2 Å². The van der Waals surface area contributed by atoms with E-state index in [1.807, 2.05) is 44.2 Å². The lowest BCUT2D eigenvalue weighted by Crippen LogP contribution is -2.26. The molecular formula is C17H17N3O2.